The first-order chi connectivity index (χ1) is 15.8. The van der Waals surface area contributed by atoms with E-state index in [1.165, 1.54) is 29.6 Å². The molecule has 1 aliphatic rings. The number of nitrogens with zero attached hydrogens (tertiary/aromatic N) is 3. The van der Waals surface area contributed by atoms with Crippen molar-refractivity contribution in [2.75, 3.05) is 26.5 Å². The molecular weight excluding hydrogens is 502 g/mol. The number of hydrogen-bond donors (Lipinski definition) is 6. The highest BCUT2D eigenvalue weighted by atomic mass is 31.3. The van der Waals surface area contributed by atoms with Crippen molar-refractivity contribution < 1.29 is 51.5 Å². The van der Waals surface area contributed by atoms with E-state index >= 15 is 0 Å². The van der Waals surface area contributed by atoms with Gasteiger partial charge in [0, 0.05) is 26.5 Å². The SMILES string of the molecule is CNC(=O)C[C@@H]1C(COP(=O)(O)OP(=O)(O)O)O[C@@H](n2c[n+](C)c3c(=O)[nH]c(N)nc32)[C@@H]1OC. The Hall–Kier alpha value is -2.20. The lowest BCUT2D eigenvalue weighted by Gasteiger charge is -2.21. The number of carbonyl (C=O) groups is 1. The Kier molecular flexibility index (Phi) is 7.62. The van der Waals surface area contributed by atoms with Crippen LogP contribution in [0.15, 0.2) is 11.1 Å². The summed E-state index contributed by atoms with van der Waals surface area (Å²) in [5.74, 6) is -1.31. The largest absolute Gasteiger partial charge is 0.481 e. The fourth-order valence-corrected chi connectivity index (χ4v) is 5.40. The summed E-state index contributed by atoms with van der Waals surface area (Å²) >= 11 is 0. The van der Waals surface area contributed by atoms with Crippen LogP contribution in [0, 0.1) is 5.92 Å². The maximum Gasteiger partial charge on any atom is 0.481 e. The molecule has 34 heavy (non-hydrogen) atoms. The van der Waals surface area contributed by atoms with Gasteiger partial charge in [-0.15, -0.1) is 0 Å². The number of aryl methyl sites for hydroxylation is 1. The summed E-state index contributed by atoms with van der Waals surface area (Å²) in [6, 6.07) is 0. The highest BCUT2D eigenvalue weighted by molar-refractivity contribution is 7.60. The highest BCUT2D eigenvalue weighted by Crippen LogP contribution is 2.58. The van der Waals surface area contributed by atoms with Crippen molar-refractivity contribution >= 4 is 38.7 Å². The summed E-state index contributed by atoms with van der Waals surface area (Å²) in [5.41, 5.74) is 5.49. The number of nitrogens with two attached hydrogens (primary N) is 1. The number of hydrogen-bond acceptors (Lipinski definition) is 10. The smallest absolute Gasteiger partial charge is 0.374 e. The van der Waals surface area contributed by atoms with Gasteiger partial charge in [0.15, 0.2) is 0 Å². The molecule has 3 heterocycles. The number of imidazole rings is 1. The van der Waals surface area contributed by atoms with Gasteiger partial charge in [-0.3, -0.25) is 19.1 Å². The molecule has 0 aromatic carbocycles. The molecule has 5 atom stereocenters. The molecule has 1 aliphatic heterocycles. The number of aromatic amines is 1. The molecule has 7 N–H and O–H groups in total. The van der Waals surface area contributed by atoms with Gasteiger partial charge in [0.25, 0.3) is 11.2 Å². The third-order valence-electron chi connectivity index (χ3n) is 5.14. The number of nitrogen functional groups attached to an aromatic ring is 1. The molecule has 190 valence electrons. The van der Waals surface area contributed by atoms with Crippen molar-refractivity contribution in [2.45, 2.75) is 24.9 Å². The zero-order valence-corrected chi connectivity index (χ0v) is 20.0. The molecule has 2 unspecified atom stereocenters. The normalized spacial score (nSPS) is 24.9. The van der Waals surface area contributed by atoms with E-state index in [0.717, 1.165) is 0 Å². The topological polar surface area (TPSA) is 241 Å². The Morgan fingerprint density at radius 3 is 2.68 bits per heavy atom. The summed E-state index contributed by atoms with van der Waals surface area (Å²) < 4.78 is 45.8. The first kappa shape index (κ1) is 26.4. The minimum absolute atomic E-state index is 0.147. The van der Waals surface area contributed by atoms with Crippen molar-refractivity contribution in [3.05, 3.63) is 16.7 Å². The molecule has 3 rings (SSSR count). The van der Waals surface area contributed by atoms with Crippen LogP contribution in [0.5, 0.6) is 0 Å². The lowest BCUT2D eigenvalue weighted by atomic mass is 9.94. The van der Waals surface area contributed by atoms with Gasteiger partial charge in [0.1, 0.15) is 6.10 Å². The van der Waals surface area contributed by atoms with Crippen LogP contribution in [0.25, 0.3) is 11.2 Å². The van der Waals surface area contributed by atoms with E-state index in [2.05, 4.69) is 19.6 Å². The van der Waals surface area contributed by atoms with Crippen molar-refractivity contribution in [1.29, 1.82) is 0 Å². The third-order valence-corrected chi connectivity index (χ3v) is 7.29. The zero-order chi connectivity index (χ0) is 25.4. The van der Waals surface area contributed by atoms with Gasteiger partial charge in [0.05, 0.1) is 19.8 Å². The second-order valence-corrected chi connectivity index (χ2v) is 10.2. The molecule has 0 saturated carbocycles. The van der Waals surface area contributed by atoms with Gasteiger partial charge in [-0.25, -0.2) is 13.7 Å². The van der Waals surface area contributed by atoms with Crippen LogP contribution in [-0.4, -0.2) is 68.1 Å². The predicted molar refractivity (Wildman–Crippen MR) is 112 cm³/mol. The Bertz CT molecular complexity index is 1230. The van der Waals surface area contributed by atoms with Gasteiger partial charge in [-0.05, 0) is 0 Å². The number of H-pyrrole nitrogens is 1. The first-order valence-electron chi connectivity index (χ1n) is 9.65. The number of rotatable bonds is 9. The minimum Gasteiger partial charge on any atom is -0.374 e. The lowest BCUT2D eigenvalue weighted by molar-refractivity contribution is -0.646. The maximum absolute atomic E-state index is 12.3. The number of phosphoric ester groups is 1. The van der Waals surface area contributed by atoms with Crippen LogP contribution in [-0.2, 0) is 39.3 Å². The number of ether oxygens (including phenoxy) is 2. The molecule has 1 saturated heterocycles. The number of fused-ring (bicyclic) bond motifs is 1. The molecule has 0 spiro atoms. The van der Waals surface area contributed by atoms with Crippen LogP contribution in [0.4, 0.5) is 5.95 Å². The molecule has 1 fully saturated rings. The van der Waals surface area contributed by atoms with E-state index in [4.69, 9.17) is 29.5 Å². The quantitative estimate of drug-likeness (QED) is 0.153. The van der Waals surface area contributed by atoms with Crippen LogP contribution < -0.4 is 21.2 Å². The molecule has 1 amide bonds. The number of anilines is 1. The van der Waals surface area contributed by atoms with Crippen molar-refractivity contribution in [2.24, 2.45) is 13.0 Å². The molecule has 19 heteroatoms. The summed E-state index contributed by atoms with van der Waals surface area (Å²) in [6.07, 6.45) is -1.57. The van der Waals surface area contributed by atoms with Crippen LogP contribution in [0.2, 0.25) is 0 Å². The van der Waals surface area contributed by atoms with E-state index in [-0.39, 0.29) is 23.5 Å². The van der Waals surface area contributed by atoms with E-state index in [1.54, 1.807) is 7.05 Å². The number of amides is 1. The third kappa shape index (κ3) is 5.71. The number of phosphoric acid groups is 2. The molecule has 0 aliphatic carbocycles. The fourth-order valence-electron chi connectivity index (χ4n) is 3.80. The van der Waals surface area contributed by atoms with Crippen molar-refractivity contribution in [1.82, 2.24) is 19.9 Å². The predicted octanol–water partition coefficient (Wildman–Crippen LogP) is -1.98. The maximum atomic E-state index is 12.3. The molecule has 2 aromatic heterocycles. The van der Waals surface area contributed by atoms with E-state index < -0.39 is 58.1 Å². The Morgan fingerprint density at radius 2 is 2.09 bits per heavy atom. The van der Waals surface area contributed by atoms with Crippen molar-refractivity contribution in [3.8, 4) is 0 Å². The van der Waals surface area contributed by atoms with Crippen LogP contribution >= 0.6 is 15.6 Å². The minimum atomic E-state index is -5.33. The van der Waals surface area contributed by atoms with Gasteiger partial charge in [0.2, 0.25) is 24.4 Å². The van der Waals surface area contributed by atoms with Gasteiger partial charge < -0.3 is 35.2 Å². The summed E-state index contributed by atoms with van der Waals surface area (Å²) in [4.78, 5) is 58.2. The molecular formula is C15H25N6O11P2+. The van der Waals surface area contributed by atoms with Crippen molar-refractivity contribution in [3.63, 3.8) is 0 Å². The van der Waals surface area contributed by atoms with E-state index in [1.807, 2.05) is 0 Å². The molecule has 2 aromatic rings. The number of carbonyl (C=O) groups excluding carboxylic acids is 1. The Morgan fingerprint density at radius 1 is 1.41 bits per heavy atom. The van der Waals surface area contributed by atoms with Crippen LogP contribution in [0.3, 0.4) is 0 Å². The summed E-state index contributed by atoms with van der Waals surface area (Å²) in [6.45, 7) is -0.687. The van der Waals surface area contributed by atoms with E-state index in [9.17, 15) is 23.6 Å². The second kappa shape index (κ2) is 9.81. The average Bonchev–Trinajstić information content (AvgIpc) is 3.21. The average molecular weight is 527 g/mol. The second-order valence-electron chi connectivity index (χ2n) is 7.40. The standard InChI is InChI=1S/C15H24N6O11P2/c1-17-9(22)4-7-8(5-30-34(27,28)32-33(24,25)26)31-14(11(7)29-3)21-6-20(2)10-12(21)18-15(16)19-13(10)23/h6-8,11,14H,4-5H2,1-3H3,(H6-,16,17,18,19,22,23,24,25,26,27,28)/p+1/t7-,8?,11-,14-/m1/s1. The first-order valence-corrected chi connectivity index (χ1v) is 12.7. The van der Waals surface area contributed by atoms with E-state index in [0.29, 0.717) is 0 Å². The number of aromatic nitrogens is 4. The lowest BCUT2D eigenvalue weighted by Crippen LogP contribution is -2.35. The fraction of sp³-hybridized carbons (Fsp3) is 0.600. The van der Waals surface area contributed by atoms with Gasteiger partial charge >= 0.3 is 21.2 Å². The molecule has 0 bridgehead atoms. The number of methoxy groups -OCH3 is 1. The highest BCUT2D eigenvalue weighted by Gasteiger charge is 2.51. The summed E-state index contributed by atoms with van der Waals surface area (Å²) in [5, 5.41) is 2.46. The summed E-state index contributed by atoms with van der Waals surface area (Å²) in [7, 11) is -6.14. The molecule has 0 radical (unpaired) electrons. The molecule has 17 nitrogen and oxygen atoms in total. The monoisotopic (exact) mass is 527 g/mol. The van der Waals surface area contributed by atoms with Crippen LogP contribution in [0.1, 0.15) is 12.6 Å². The number of nitrogens with one attached hydrogen (secondary N) is 2. The Labute approximate surface area is 191 Å². The zero-order valence-electron chi connectivity index (χ0n) is 18.2. The van der Waals surface area contributed by atoms with Gasteiger partial charge in [-0.1, -0.05) is 0 Å². The van der Waals surface area contributed by atoms with Gasteiger partial charge in [-0.2, -0.15) is 13.9 Å². The Balaban J connectivity index is 1.98.